The Kier molecular flexibility index (Phi) is 5.59. The first kappa shape index (κ1) is 20.6. The van der Waals surface area contributed by atoms with Crippen LogP contribution in [0.15, 0.2) is 24.7 Å². The number of urea groups is 1. The number of carbonyl (C=O) groups excluding carboxylic acids is 1. The molecule has 0 spiro atoms. The third-order valence-electron chi connectivity index (χ3n) is 6.22. The number of likely N-dealkylation sites (tertiary alicyclic amines) is 1. The molecule has 2 amide bonds. The molecule has 10 heteroatoms. The molecule has 168 valence electrons. The highest BCUT2D eigenvalue weighted by Gasteiger charge is 2.27. The van der Waals surface area contributed by atoms with E-state index in [-0.39, 0.29) is 29.8 Å². The number of aromatic amines is 1. The van der Waals surface area contributed by atoms with Crippen LogP contribution < -0.4 is 10.6 Å². The van der Waals surface area contributed by atoms with Crippen molar-refractivity contribution < 1.29 is 13.6 Å². The summed E-state index contributed by atoms with van der Waals surface area (Å²) in [5.74, 6) is -0.642. The van der Waals surface area contributed by atoms with Crippen LogP contribution >= 0.6 is 0 Å². The third kappa shape index (κ3) is 4.21. The smallest absolute Gasteiger partial charge is 0.317 e. The van der Waals surface area contributed by atoms with Gasteiger partial charge in [0.2, 0.25) is 0 Å². The second-order valence-electron chi connectivity index (χ2n) is 8.49. The first-order valence-corrected chi connectivity index (χ1v) is 11.0. The van der Waals surface area contributed by atoms with E-state index in [2.05, 4.69) is 30.6 Å². The highest BCUT2D eigenvalue weighted by molar-refractivity contribution is 5.91. The predicted molar refractivity (Wildman–Crippen MR) is 116 cm³/mol. The van der Waals surface area contributed by atoms with E-state index in [1.54, 1.807) is 6.20 Å². The van der Waals surface area contributed by atoms with Crippen LogP contribution in [0.3, 0.4) is 0 Å². The first-order chi connectivity index (χ1) is 15.6. The number of pyridine rings is 1. The normalized spacial score (nSPS) is 21.1. The Bertz CT molecular complexity index is 1130. The number of halogens is 2. The van der Waals surface area contributed by atoms with Crippen molar-refractivity contribution in [3.05, 3.63) is 36.3 Å². The minimum absolute atomic E-state index is 0.0103. The second-order valence-corrected chi connectivity index (χ2v) is 8.49. The molecule has 2 atom stereocenters. The van der Waals surface area contributed by atoms with Crippen LogP contribution in [0.1, 0.15) is 38.5 Å². The maximum Gasteiger partial charge on any atom is 0.317 e. The summed E-state index contributed by atoms with van der Waals surface area (Å²) in [6.45, 7) is 1.62. The van der Waals surface area contributed by atoms with Crippen molar-refractivity contribution in [1.29, 1.82) is 0 Å². The zero-order chi connectivity index (χ0) is 22.1. The van der Waals surface area contributed by atoms with E-state index in [4.69, 9.17) is 0 Å². The number of nitrogens with one attached hydrogen (secondary N) is 3. The van der Waals surface area contributed by atoms with Crippen LogP contribution in [-0.2, 0) is 0 Å². The maximum absolute atomic E-state index is 14.5. The van der Waals surface area contributed by atoms with Crippen LogP contribution in [0.25, 0.3) is 22.4 Å². The summed E-state index contributed by atoms with van der Waals surface area (Å²) in [6, 6.07) is 1.36. The molecule has 0 radical (unpaired) electrons. The van der Waals surface area contributed by atoms with E-state index in [0.29, 0.717) is 23.0 Å². The lowest BCUT2D eigenvalue weighted by Crippen LogP contribution is -2.47. The van der Waals surface area contributed by atoms with Crippen LogP contribution in [-0.4, -0.2) is 56.0 Å². The molecule has 3 aromatic heterocycles. The lowest BCUT2D eigenvalue weighted by Gasteiger charge is -2.32. The molecule has 3 N–H and O–H groups in total. The van der Waals surface area contributed by atoms with Crippen molar-refractivity contribution in [3.8, 4) is 11.4 Å². The van der Waals surface area contributed by atoms with Crippen molar-refractivity contribution >= 4 is 22.9 Å². The monoisotopic (exact) mass is 441 g/mol. The van der Waals surface area contributed by atoms with E-state index in [9.17, 15) is 13.6 Å². The molecule has 32 heavy (non-hydrogen) atoms. The van der Waals surface area contributed by atoms with Crippen LogP contribution in [0, 0.1) is 11.6 Å². The van der Waals surface area contributed by atoms with Crippen molar-refractivity contribution in [2.24, 2.45) is 0 Å². The number of anilines is 1. The van der Waals surface area contributed by atoms with Gasteiger partial charge in [-0.2, -0.15) is 0 Å². The SMILES string of the molecule is O=C(N[C@@H]1CCCC(Nc2nc(-c3c[nH]c4ncc(F)cc34)ncc2F)C1)N1CCCC1. The number of carbonyl (C=O) groups is 1. The van der Waals surface area contributed by atoms with E-state index >= 15 is 0 Å². The number of hydrogen-bond donors (Lipinski definition) is 3. The summed E-state index contributed by atoms with van der Waals surface area (Å²) in [6.07, 6.45) is 9.37. The molecule has 1 aliphatic heterocycles. The van der Waals surface area contributed by atoms with Crippen molar-refractivity contribution in [1.82, 2.24) is 30.2 Å². The van der Waals surface area contributed by atoms with Crippen molar-refractivity contribution in [2.75, 3.05) is 18.4 Å². The summed E-state index contributed by atoms with van der Waals surface area (Å²) in [4.78, 5) is 29.7. The van der Waals surface area contributed by atoms with Crippen LogP contribution in [0.2, 0.25) is 0 Å². The number of amides is 2. The Morgan fingerprint density at radius 1 is 1.09 bits per heavy atom. The Morgan fingerprint density at radius 3 is 2.75 bits per heavy atom. The number of fused-ring (bicyclic) bond motifs is 1. The van der Waals surface area contributed by atoms with Gasteiger partial charge >= 0.3 is 6.03 Å². The van der Waals surface area contributed by atoms with E-state index < -0.39 is 11.6 Å². The standard InChI is InChI=1S/C22H25F2N7O/c23-13-8-16-17(11-26-19(16)25-10-13)20-27-12-18(24)21(30-20)28-14-4-3-5-15(9-14)29-22(32)31-6-1-2-7-31/h8,10-12,14-15H,1-7,9H2,(H,25,26)(H,29,32)(H,27,28,30)/t14?,15-/m1/s1. The van der Waals surface area contributed by atoms with Crippen LogP contribution in [0.4, 0.5) is 19.4 Å². The predicted octanol–water partition coefficient (Wildman–Crippen LogP) is 3.83. The fraction of sp³-hybridized carbons (Fsp3) is 0.455. The molecule has 4 heterocycles. The van der Waals surface area contributed by atoms with Gasteiger partial charge in [-0.1, -0.05) is 0 Å². The number of nitrogens with zero attached hydrogens (tertiary/aromatic N) is 4. The summed E-state index contributed by atoms with van der Waals surface area (Å²) in [5, 5.41) is 6.85. The van der Waals surface area contributed by atoms with Gasteiger partial charge in [0.15, 0.2) is 17.5 Å². The maximum atomic E-state index is 14.5. The Hall–Kier alpha value is -3.30. The Balaban J connectivity index is 1.30. The molecule has 1 unspecified atom stereocenters. The first-order valence-electron chi connectivity index (χ1n) is 11.0. The molecule has 0 bridgehead atoms. The number of H-pyrrole nitrogens is 1. The van der Waals surface area contributed by atoms with Gasteiger partial charge in [0, 0.05) is 42.3 Å². The number of aromatic nitrogens is 4. The summed E-state index contributed by atoms with van der Waals surface area (Å²) >= 11 is 0. The highest BCUT2D eigenvalue weighted by Crippen LogP contribution is 2.28. The molecular formula is C22H25F2N7O. The number of rotatable bonds is 4. The molecule has 1 saturated heterocycles. The average Bonchev–Trinajstić information content (AvgIpc) is 3.46. The summed E-state index contributed by atoms with van der Waals surface area (Å²) in [5.41, 5.74) is 1.06. The van der Waals surface area contributed by atoms with E-state index in [1.807, 2.05) is 4.90 Å². The van der Waals surface area contributed by atoms with Gasteiger partial charge in [-0.05, 0) is 44.6 Å². The molecule has 5 rings (SSSR count). The van der Waals surface area contributed by atoms with Crippen LogP contribution in [0.5, 0.6) is 0 Å². The summed E-state index contributed by atoms with van der Waals surface area (Å²) < 4.78 is 28.2. The minimum Gasteiger partial charge on any atom is -0.365 e. The fourth-order valence-corrected chi connectivity index (χ4v) is 4.59. The minimum atomic E-state index is -0.555. The summed E-state index contributed by atoms with van der Waals surface area (Å²) in [7, 11) is 0. The molecule has 1 saturated carbocycles. The van der Waals surface area contributed by atoms with Gasteiger partial charge in [0.05, 0.1) is 12.4 Å². The van der Waals surface area contributed by atoms with E-state index in [1.165, 1.54) is 6.07 Å². The molecule has 8 nitrogen and oxygen atoms in total. The quantitative estimate of drug-likeness (QED) is 0.572. The molecule has 2 fully saturated rings. The molecule has 3 aromatic rings. The highest BCUT2D eigenvalue weighted by atomic mass is 19.1. The van der Waals surface area contributed by atoms with Crippen molar-refractivity contribution in [3.63, 3.8) is 0 Å². The Morgan fingerprint density at radius 2 is 1.91 bits per heavy atom. The molecule has 1 aliphatic carbocycles. The molecule has 2 aliphatic rings. The molecule has 0 aromatic carbocycles. The van der Waals surface area contributed by atoms with Gasteiger partial charge in [0.1, 0.15) is 11.5 Å². The van der Waals surface area contributed by atoms with Gasteiger partial charge in [-0.15, -0.1) is 0 Å². The third-order valence-corrected chi connectivity index (χ3v) is 6.22. The zero-order valence-electron chi connectivity index (χ0n) is 17.6. The van der Waals surface area contributed by atoms with Gasteiger partial charge < -0.3 is 20.5 Å². The Labute approximate surface area is 183 Å². The average molecular weight is 441 g/mol. The topological polar surface area (TPSA) is 98.8 Å². The van der Waals surface area contributed by atoms with Gasteiger partial charge in [-0.25, -0.2) is 28.5 Å². The zero-order valence-corrected chi connectivity index (χ0v) is 17.6. The lowest BCUT2D eigenvalue weighted by atomic mass is 9.91. The second kappa shape index (κ2) is 8.68. The van der Waals surface area contributed by atoms with Crippen molar-refractivity contribution in [2.45, 2.75) is 50.6 Å². The molecular weight excluding hydrogens is 416 g/mol. The van der Waals surface area contributed by atoms with Gasteiger partial charge in [0.25, 0.3) is 0 Å². The largest absolute Gasteiger partial charge is 0.365 e. The fourth-order valence-electron chi connectivity index (χ4n) is 4.59. The number of hydrogen-bond acceptors (Lipinski definition) is 5. The van der Waals surface area contributed by atoms with Gasteiger partial charge in [-0.3, -0.25) is 0 Å². The van der Waals surface area contributed by atoms with E-state index in [0.717, 1.165) is 57.6 Å². The lowest BCUT2D eigenvalue weighted by molar-refractivity contribution is 0.199.